The number of rotatable bonds is 7. The van der Waals surface area contributed by atoms with Gasteiger partial charge in [0, 0.05) is 17.3 Å². The first-order chi connectivity index (χ1) is 14.4. The molecule has 2 aliphatic carbocycles. The highest BCUT2D eigenvalue weighted by molar-refractivity contribution is 6.29. The van der Waals surface area contributed by atoms with Gasteiger partial charge in [-0.25, -0.2) is 0 Å². The summed E-state index contributed by atoms with van der Waals surface area (Å²) in [5.41, 5.74) is 19.1. The van der Waals surface area contributed by atoms with Crippen LogP contribution in [0.15, 0.2) is 53.2 Å². The molecule has 0 saturated heterocycles. The van der Waals surface area contributed by atoms with Crippen LogP contribution in [-0.4, -0.2) is 22.8 Å². The van der Waals surface area contributed by atoms with Crippen molar-refractivity contribution in [3.05, 3.63) is 53.2 Å². The fourth-order valence-electron chi connectivity index (χ4n) is 4.26. The lowest BCUT2D eigenvalue weighted by atomic mass is 10.1. The van der Waals surface area contributed by atoms with Gasteiger partial charge >= 0.3 is 0 Å². The molecule has 0 aliphatic heterocycles. The van der Waals surface area contributed by atoms with Crippen molar-refractivity contribution in [1.82, 2.24) is 9.78 Å². The van der Waals surface area contributed by atoms with Crippen LogP contribution in [0, 0.1) is 11.8 Å². The summed E-state index contributed by atoms with van der Waals surface area (Å²) in [5.74, 6) is 1.54. The van der Waals surface area contributed by atoms with E-state index >= 15 is 0 Å². The van der Waals surface area contributed by atoms with Crippen molar-refractivity contribution in [3.8, 4) is 16.9 Å². The summed E-state index contributed by atoms with van der Waals surface area (Å²) < 4.78 is 7.74. The molecule has 4 rings (SSSR count). The Labute approximate surface area is 179 Å². The smallest absolute Gasteiger partial charge is 0.266 e. The van der Waals surface area contributed by atoms with Gasteiger partial charge < -0.3 is 27.3 Å². The minimum atomic E-state index is -0.794. The summed E-state index contributed by atoms with van der Waals surface area (Å²) in [7, 11) is 1.57. The predicted molar refractivity (Wildman–Crippen MR) is 116 cm³/mol. The Morgan fingerprint density at radius 3 is 2.63 bits per heavy atom. The number of ether oxygens (including phenoxy) is 1. The van der Waals surface area contributed by atoms with Gasteiger partial charge in [-0.1, -0.05) is 23.7 Å². The number of methoxy groups -OCH3 is 1. The van der Waals surface area contributed by atoms with Gasteiger partial charge in [0.05, 0.1) is 30.7 Å². The van der Waals surface area contributed by atoms with Gasteiger partial charge in [-0.3, -0.25) is 9.48 Å². The third kappa shape index (κ3) is 3.95. The fourth-order valence-corrected chi connectivity index (χ4v) is 4.36. The number of anilines is 1. The summed E-state index contributed by atoms with van der Waals surface area (Å²) >= 11 is 5.78. The highest BCUT2D eigenvalue weighted by atomic mass is 35.5. The number of nitrogens with two attached hydrogens (primary N) is 3. The van der Waals surface area contributed by atoms with E-state index in [1.807, 2.05) is 18.3 Å². The van der Waals surface area contributed by atoms with Crippen LogP contribution in [0.3, 0.4) is 0 Å². The van der Waals surface area contributed by atoms with E-state index in [2.05, 4.69) is 21.3 Å². The monoisotopic (exact) mass is 428 g/mol. The second-order valence-electron chi connectivity index (χ2n) is 7.82. The molecular formula is C21H25ClN6O2. The molecule has 1 aromatic heterocycles. The standard InChI is InChI=1S/C21H25ClN6O2/c1-30-20-15(13-9-26-28(10-13)14-6-11-5-12(11)7-14)3-2-4-16(20)27-17(8-18(22)23)19(24)21(25)29/h2-4,8-12,14,27H,5-7,23-24H2,1H3,(H2,25,29)/b18-8-,19-17+. The third-order valence-corrected chi connectivity index (χ3v) is 5.94. The molecule has 0 spiro atoms. The maximum absolute atomic E-state index is 11.6. The molecule has 2 unspecified atom stereocenters. The average Bonchev–Trinajstić information content (AvgIpc) is 3.11. The van der Waals surface area contributed by atoms with Gasteiger partial charge in [0.25, 0.3) is 5.91 Å². The second kappa shape index (κ2) is 7.95. The molecule has 0 radical (unpaired) electrons. The summed E-state index contributed by atoms with van der Waals surface area (Å²) in [6.07, 6.45) is 9.02. The van der Waals surface area contributed by atoms with E-state index in [0.29, 0.717) is 17.5 Å². The number of allylic oxidation sites excluding steroid dienone is 1. The number of halogens is 1. The highest BCUT2D eigenvalue weighted by Gasteiger charge is 2.46. The van der Waals surface area contributed by atoms with Crippen LogP contribution in [-0.2, 0) is 4.79 Å². The van der Waals surface area contributed by atoms with Crippen LogP contribution >= 0.6 is 11.6 Å². The zero-order valence-corrected chi connectivity index (χ0v) is 17.4. The number of nitrogens with zero attached hydrogens (tertiary/aromatic N) is 2. The van der Waals surface area contributed by atoms with Crippen LogP contribution in [0.25, 0.3) is 11.1 Å². The molecule has 2 atom stereocenters. The predicted octanol–water partition coefficient (Wildman–Crippen LogP) is 2.64. The first-order valence-corrected chi connectivity index (χ1v) is 10.2. The molecule has 2 saturated carbocycles. The average molecular weight is 429 g/mol. The maximum atomic E-state index is 11.6. The topological polar surface area (TPSA) is 134 Å². The number of fused-ring (bicyclic) bond motifs is 1. The van der Waals surface area contributed by atoms with Gasteiger partial charge in [-0.05, 0) is 43.2 Å². The number of hydrogen-bond acceptors (Lipinski definition) is 6. The molecule has 9 heteroatoms. The third-order valence-electron chi connectivity index (χ3n) is 5.83. The first kappa shape index (κ1) is 20.2. The zero-order valence-electron chi connectivity index (χ0n) is 16.6. The van der Waals surface area contributed by atoms with Gasteiger partial charge in [0.1, 0.15) is 16.6 Å². The van der Waals surface area contributed by atoms with Crippen molar-refractivity contribution in [1.29, 1.82) is 0 Å². The van der Waals surface area contributed by atoms with Crippen molar-refractivity contribution in [2.45, 2.75) is 25.3 Å². The lowest BCUT2D eigenvalue weighted by Crippen LogP contribution is -2.24. The summed E-state index contributed by atoms with van der Waals surface area (Å²) in [6, 6.07) is 6.08. The molecule has 8 nitrogen and oxygen atoms in total. The number of amides is 1. The Balaban J connectivity index is 1.66. The molecule has 1 amide bonds. The SMILES string of the molecule is COc1c(NC(/C=C(\N)Cl)=C(/N)C(N)=O)cccc1-c1cnn(C2CC3CC3C2)c1. The van der Waals surface area contributed by atoms with Crippen LogP contribution in [0.5, 0.6) is 5.75 Å². The molecular weight excluding hydrogens is 404 g/mol. The number of hydrogen-bond donors (Lipinski definition) is 4. The van der Waals surface area contributed by atoms with Crippen LogP contribution < -0.4 is 27.3 Å². The van der Waals surface area contributed by atoms with Crippen molar-refractivity contribution >= 4 is 23.2 Å². The number of carbonyl (C=O) groups is 1. The Hall–Kier alpha value is -3.13. The largest absolute Gasteiger partial charge is 0.494 e. The number of primary amides is 1. The van der Waals surface area contributed by atoms with Gasteiger partial charge in [-0.2, -0.15) is 5.10 Å². The summed E-state index contributed by atoms with van der Waals surface area (Å²) in [6.45, 7) is 0. The Kier molecular flexibility index (Phi) is 5.34. The van der Waals surface area contributed by atoms with Gasteiger partial charge in [-0.15, -0.1) is 0 Å². The number of nitrogens with one attached hydrogen (secondary N) is 1. The molecule has 30 heavy (non-hydrogen) atoms. The van der Waals surface area contributed by atoms with E-state index in [1.54, 1.807) is 13.2 Å². The van der Waals surface area contributed by atoms with E-state index in [1.165, 1.54) is 25.3 Å². The molecule has 0 bridgehead atoms. The van der Waals surface area contributed by atoms with Crippen LogP contribution in [0.4, 0.5) is 5.69 Å². The molecule has 1 aromatic carbocycles. The van der Waals surface area contributed by atoms with Crippen molar-refractivity contribution < 1.29 is 9.53 Å². The number of carbonyl (C=O) groups excluding carboxylic acids is 1. The molecule has 2 aliphatic rings. The molecule has 158 valence electrons. The van der Waals surface area contributed by atoms with Crippen molar-refractivity contribution in [2.75, 3.05) is 12.4 Å². The zero-order chi connectivity index (χ0) is 21.4. The van der Waals surface area contributed by atoms with E-state index in [9.17, 15) is 4.79 Å². The van der Waals surface area contributed by atoms with Gasteiger partial charge in [0.15, 0.2) is 0 Å². The Morgan fingerprint density at radius 2 is 2.00 bits per heavy atom. The molecule has 1 heterocycles. The summed E-state index contributed by atoms with van der Waals surface area (Å²) in [5, 5.41) is 7.60. The number of aromatic nitrogens is 2. The number of benzene rings is 1. The van der Waals surface area contributed by atoms with E-state index < -0.39 is 5.91 Å². The summed E-state index contributed by atoms with van der Waals surface area (Å²) in [4.78, 5) is 11.6. The van der Waals surface area contributed by atoms with E-state index in [0.717, 1.165) is 23.0 Å². The second-order valence-corrected chi connectivity index (χ2v) is 8.26. The van der Waals surface area contributed by atoms with Crippen molar-refractivity contribution in [2.24, 2.45) is 29.0 Å². The van der Waals surface area contributed by atoms with Gasteiger partial charge in [0.2, 0.25) is 0 Å². The highest BCUT2D eigenvalue weighted by Crippen LogP contribution is 2.56. The van der Waals surface area contributed by atoms with Crippen LogP contribution in [0.1, 0.15) is 25.3 Å². The first-order valence-electron chi connectivity index (χ1n) is 9.78. The minimum absolute atomic E-state index is 0.0484. The van der Waals surface area contributed by atoms with Crippen LogP contribution in [0.2, 0.25) is 0 Å². The lowest BCUT2D eigenvalue weighted by molar-refractivity contribution is -0.114. The molecule has 7 N–H and O–H groups in total. The Morgan fingerprint density at radius 1 is 1.27 bits per heavy atom. The quantitative estimate of drug-likeness (QED) is 0.304. The minimum Gasteiger partial charge on any atom is -0.494 e. The van der Waals surface area contributed by atoms with Crippen molar-refractivity contribution in [3.63, 3.8) is 0 Å². The molecule has 2 aromatic rings. The molecule has 2 fully saturated rings. The van der Waals surface area contributed by atoms with E-state index in [-0.39, 0.29) is 16.6 Å². The number of para-hydroxylation sites is 1. The normalized spacial score (nSPS) is 23.5. The Bertz CT molecular complexity index is 1030. The fraction of sp³-hybridized carbons (Fsp3) is 0.333. The lowest BCUT2D eigenvalue weighted by Gasteiger charge is -2.16. The van der Waals surface area contributed by atoms with E-state index in [4.69, 9.17) is 33.5 Å². The maximum Gasteiger partial charge on any atom is 0.266 e.